The fourth-order valence-electron chi connectivity index (χ4n) is 2.44. The Morgan fingerprint density at radius 1 is 1.28 bits per heavy atom. The second-order valence-electron chi connectivity index (χ2n) is 5.80. The molecule has 0 unspecified atom stereocenters. The topological polar surface area (TPSA) is 70.9 Å². The van der Waals surface area contributed by atoms with Crippen molar-refractivity contribution in [3.05, 3.63) is 57.5 Å². The number of nitrogens with zero attached hydrogens (tertiary/aromatic N) is 1. The standard InChI is InChI=1S/C19H14ClF3N2O3S/c1-2-28-15-7-10(3-6-14(15)26)8-16-17(27)25-18(29-16)24-11-4-5-13(20)12(9-11)19(21,22)23/h3-9,26H,2H2,1H3,(H,24,25,27). The number of aliphatic imine (C=N–C) groups is 1. The summed E-state index contributed by atoms with van der Waals surface area (Å²) >= 11 is 6.58. The first-order valence-electron chi connectivity index (χ1n) is 8.29. The summed E-state index contributed by atoms with van der Waals surface area (Å²) in [7, 11) is 0. The number of carbonyl (C=O) groups excluding carboxylic acids is 1. The molecule has 29 heavy (non-hydrogen) atoms. The number of alkyl halides is 3. The van der Waals surface area contributed by atoms with E-state index in [1.807, 2.05) is 0 Å². The van der Waals surface area contributed by atoms with E-state index in [1.54, 1.807) is 25.1 Å². The van der Waals surface area contributed by atoms with Crippen LogP contribution in [0.2, 0.25) is 5.02 Å². The van der Waals surface area contributed by atoms with Gasteiger partial charge >= 0.3 is 6.18 Å². The van der Waals surface area contributed by atoms with E-state index in [0.29, 0.717) is 17.1 Å². The van der Waals surface area contributed by atoms with Crippen LogP contribution in [0.5, 0.6) is 11.5 Å². The van der Waals surface area contributed by atoms with Gasteiger partial charge in [-0.3, -0.25) is 4.79 Å². The SMILES string of the molecule is CCOc1cc(C=C2SC(=Nc3ccc(Cl)c(C(F)(F)F)c3)NC2=O)ccc1O. The fourth-order valence-corrected chi connectivity index (χ4v) is 3.51. The van der Waals surface area contributed by atoms with Gasteiger partial charge in [-0.15, -0.1) is 0 Å². The van der Waals surface area contributed by atoms with Crippen LogP contribution in [0.25, 0.3) is 6.08 Å². The van der Waals surface area contributed by atoms with Gasteiger partial charge in [0, 0.05) is 0 Å². The molecule has 1 heterocycles. The van der Waals surface area contributed by atoms with Crippen LogP contribution >= 0.6 is 23.4 Å². The number of nitrogens with one attached hydrogen (secondary N) is 1. The second-order valence-corrected chi connectivity index (χ2v) is 7.24. The van der Waals surface area contributed by atoms with Gasteiger partial charge < -0.3 is 15.2 Å². The van der Waals surface area contributed by atoms with Gasteiger partial charge in [-0.2, -0.15) is 13.2 Å². The Labute approximate surface area is 173 Å². The summed E-state index contributed by atoms with van der Waals surface area (Å²) < 4.78 is 44.2. The Kier molecular flexibility index (Phi) is 6.09. The molecule has 2 aromatic carbocycles. The Bertz CT molecular complexity index is 1020. The minimum absolute atomic E-state index is 0.00837. The molecule has 0 bridgehead atoms. The summed E-state index contributed by atoms with van der Waals surface area (Å²) in [5.74, 6) is -0.187. The Hall–Kier alpha value is -2.65. The summed E-state index contributed by atoms with van der Waals surface area (Å²) in [5, 5.41) is 12.0. The monoisotopic (exact) mass is 442 g/mol. The fraction of sp³-hybridized carbons (Fsp3) is 0.158. The predicted molar refractivity (Wildman–Crippen MR) is 107 cm³/mol. The number of benzene rings is 2. The van der Waals surface area contributed by atoms with Crippen LogP contribution in [-0.4, -0.2) is 22.8 Å². The van der Waals surface area contributed by atoms with Gasteiger partial charge in [0.2, 0.25) is 0 Å². The Balaban J connectivity index is 1.85. The molecule has 0 saturated carbocycles. The van der Waals surface area contributed by atoms with Gasteiger partial charge in [0.25, 0.3) is 5.91 Å². The van der Waals surface area contributed by atoms with Crippen molar-refractivity contribution < 1.29 is 27.8 Å². The lowest BCUT2D eigenvalue weighted by atomic mass is 10.2. The highest BCUT2D eigenvalue weighted by molar-refractivity contribution is 8.18. The molecule has 1 saturated heterocycles. The highest BCUT2D eigenvalue weighted by Gasteiger charge is 2.33. The van der Waals surface area contributed by atoms with Gasteiger partial charge in [-0.1, -0.05) is 17.7 Å². The number of amides is 1. The van der Waals surface area contributed by atoms with E-state index in [0.717, 1.165) is 23.9 Å². The van der Waals surface area contributed by atoms with E-state index < -0.39 is 22.7 Å². The van der Waals surface area contributed by atoms with Crippen molar-refractivity contribution in [2.24, 2.45) is 4.99 Å². The van der Waals surface area contributed by atoms with Crippen molar-refractivity contribution in [2.75, 3.05) is 6.61 Å². The Morgan fingerprint density at radius 3 is 2.72 bits per heavy atom. The number of halogens is 4. The lowest BCUT2D eigenvalue weighted by Crippen LogP contribution is -2.19. The molecule has 3 rings (SSSR count). The van der Waals surface area contributed by atoms with E-state index in [1.165, 1.54) is 12.1 Å². The summed E-state index contributed by atoms with van der Waals surface area (Å²) in [6.45, 7) is 2.13. The van der Waals surface area contributed by atoms with E-state index >= 15 is 0 Å². The third kappa shape index (κ3) is 5.04. The van der Waals surface area contributed by atoms with E-state index in [-0.39, 0.29) is 22.4 Å². The number of amidine groups is 1. The molecule has 10 heteroatoms. The van der Waals surface area contributed by atoms with Crippen LogP contribution < -0.4 is 10.1 Å². The normalized spacial score (nSPS) is 17.1. The molecule has 152 valence electrons. The van der Waals surface area contributed by atoms with Crippen LogP contribution in [0.15, 0.2) is 46.3 Å². The Morgan fingerprint density at radius 2 is 2.03 bits per heavy atom. The number of aromatic hydroxyl groups is 1. The maximum absolute atomic E-state index is 13.0. The van der Waals surface area contributed by atoms with Gasteiger partial charge in [0.1, 0.15) is 0 Å². The molecule has 1 amide bonds. The average molecular weight is 443 g/mol. The first-order chi connectivity index (χ1) is 13.7. The van der Waals surface area contributed by atoms with E-state index in [9.17, 15) is 23.1 Å². The van der Waals surface area contributed by atoms with Gasteiger partial charge in [0.05, 0.1) is 27.8 Å². The van der Waals surface area contributed by atoms with Crippen molar-refractivity contribution in [3.8, 4) is 11.5 Å². The number of carbonyl (C=O) groups is 1. The zero-order valence-electron chi connectivity index (χ0n) is 14.9. The zero-order chi connectivity index (χ0) is 21.2. The third-order valence-corrected chi connectivity index (χ3v) is 4.96. The lowest BCUT2D eigenvalue weighted by molar-refractivity contribution is -0.137. The lowest BCUT2D eigenvalue weighted by Gasteiger charge is -2.09. The molecular weight excluding hydrogens is 429 g/mol. The number of rotatable bonds is 4. The van der Waals surface area contributed by atoms with Crippen molar-refractivity contribution in [1.82, 2.24) is 5.32 Å². The van der Waals surface area contributed by atoms with Crippen molar-refractivity contribution in [3.63, 3.8) is 0 Å². The number of ether oxygens (including phenoxy) is 1. The van der Waals surface area contributed by atoms with Crippen LogP contribution in [0.3, 0.4) is 0 Å². The predicted octanol–water partition coefficient (Wildman–Crippen LogP) is 5.35. The van der Waals surface area contributed by atoms with Crippen molar-refractivity contribution >= 4 is 46.2 Å². The minimum atomic E-state index is -4.61. The molecule has 0 atom stereocenters. The first kappa shape index (κ1) is 21.1. The molecule has 1 aliphatic rings. The molecule has 1 fully saturated rings. The van der Waals surface area contributed by atoms with Crippen LogP contribution in [0.1, 0.15) is 18.1 Å². The van der Waals surface area contributed by atoms with Crippen LogP contribution in [0, 0.1) is 0 Å². The van der Waals surface area contributed by atoms with Crippen molar-refractivity contribution in [1.29, 1.82) is 0 Å². The zero-order valence-corrected chi connectivity index (χ0v) is 16.5. The highest BCUT2D eigenvalue weighted by Crippen LogP contribution is 2.37. The van der Waals surface area contributed by atoms with Gasteiger partial charge in [-0.25, -0.2) is 4.99 Å². The molecule has 0 aromatic heterocycles. The van der Waals surface area contributed by atoms with E-state index in [4.69, 9.17) is 16.3 Å². The number of hydrogen-bond acceptors (Lipinski definition) is 5. The maximum Gasteiger partial charge on any atom is 0.417 e. The molecule has 0 spiro atoms. The summed E-state index contributed by atoms with van der Waals surface area (Å²) in [6, 6.07) is 7.86. The molecule has 1 aliphatic heterocycles. The summed E-state index contributed by atoms with van der Waals surface area (Å²) in [5.41, 5.74) is -0.385. The minimum Gasteiger partial charge on any atom is -0.504 e. The molecule has 2 aromatic rings. The van der Waals surface area contributed by atoms with Gasteiger partial charge in [0.15, 0.2) is 16.7 Å². The number of thioether (sulfide) groups is 1. The first-order valence-corrected chi connectivity index (χ1v) is 9.49. The smallest absolute Gasteiger partial charge is 0.417 e. The molecule has 2 N–H and O–H groups in total. The quantitative estimate of drug-likeness (QED) is 0.626. The molecular formula is C19H14ClF3N2O3S. The molecule has 0 radical (unpaired) electrons. The summed E-state index contributed by atoms with van der Waals surface area (Å²) in [4.78, 5) is 16.5. The third-order valence-electron chi connectivity index (χ3n) is 3.72. The number of phenols is 1. The molecule has 5 nitrogen and oxygen atoms in total. The van der Waals surface area contributed by atoms with Gasteiger partial charge in [-0.05, 0) is 60.7 Å². The van der Waals surface area contributed by atoms with E-state index in [2.05, 4.69) is 10.3 Å². The second kappa shape index (κ2) is 8.38. The number of hydrogen-bond donors (Lipinski definition) is 2. The maximum atomic E-state index is 13.0. The largest absolute Gasteiger partial charge is 0.504 e. The molecule has 0 aliphatic carbocycles. The number of phenolic OH excluding ortho intramolecular Hbond substituents is 1. The van der Waals surface area contributed by atoms with Crippen LogP contribution in [0.4, 0.5) is 18.9 Å². The van der Waals surface area contributed by atoms with Crippen LogP contribution in [-0.2, 0) is 11.0 Å². The van der Waals surface area contributed by atoms with Crippen molar-refractivity contribution in [2.45, 2.75) is 13.1 Å². The summed E-state index contributed by atoms with van der Waals surface area (Å²) in [6.07, 6.45) is -3.05. The highest BCUT2D eigenvalue weighted by atomic mass is 35.5. The average Bonchev–Trinajstić information content (AvgIpc) is 2.98.